The van der Waals surface area contributed by atoms with E-state index in [1.165, 1.54) is 0 Å². The Hall–Kier alpha value is -3.14. The van der Waals surface area contributed by atoms with Gasteiger partial charge in [-0.15, -0.1) is 10.2 Å². The minimum Gasteiger partial charge on any atom is -0.414 e. The predicted molar refractivity (Wildman–Crippen MR) is 124 cm³/mol. The number of hydrogen-bond donors (Lipinski definition) is 0. The lowest BCUT2D eigenvalue weighted by Gasteiger charge is -2.10. The Morgan fingerprint density at radius 3 is 2.43 bits per heavy atom. The lowest BCUT2D eigenvalue weighted by Crippen LogP contribution is -2.21. The van der Waals surface area contributed by atoms with Crippen LogP contribution >= 0.6 is 22.6 Å². The number of rotatable bonds is 4. The molecule has 0 radical (unpaired) electrons. The third-order valence-electron chi connectivity index (χ3n) is 4.52. The molecule has 30 heavy (non-hydrogen) atoms. The molecule has 4 rings (SSSR count). The maximum atomic E-state index is 12.1. The van der Waals surface area contributed by atoms with Gasteiger partial charge in [-0.3, -0.25) is 9.78 Å². The zero-order chi connectivity index (χ0) is 21.3. The van der Waals surface area contributed by atoms with Crippen LogP contribution in [0.15, 0.2) is 59.1 Å². The van der Waals surface area contributed by atoms with Crippen LogP contribution in [0, 0.1) is 10.5 Å². The monoisotopic (exact) mass is 513 g/mol. The minimum absolute atomic E-state index is 0. The van der Waals surface area contributed by atoms with Crippen molar-refractivity contribution < 1.29 is 10.6 Å². The summed E-state index contributed by atoms with van der Waals surface area (Å²) in [5.74, 6) is 0.704. The van der Waals surface area contributed by atoms with E-state index in [1.54, 1.807) is 37.3 Å². The van der Waals surface area contributed by atoms with Crippen LogP contribution in [0.3, 0.4) is 0 Å². The molecule has 0 N–H and O–H groups in total. The maximum Gasteiger partial charge on any atom is 0.268 e. The van der Waals surface area contributed by atoms with Crippen LogP contribution in [0.1, 0.15) is 17.5 Å². The van der Waals surface area contributed by atoms with Crippen molar-refractivity contribution in [3.63, 3.8) is 0 Å². The van der Waals surface area contributed by atoms with Gasteiger partial charge in [-0.25, -0.2) is 4.98 Å². The first-order valence-electron chi connectivity index (χ1n) is 9.18. The van der Waals surface area contributed by atoms with E-state index >= 15 is 0 Å². The fourth-order valence-corrected chi connectivity index (χ4v) is 3.51. The molecule has 2 aromatic heterocycles. The molecular formula is C22H20IN5O2. The van der Waals surface area contributed by atoms with Crippen LogP contribution in [0.2, 0.25) is 0 Å². The summed E-state index contributed by atoms with van der Waals surface area (Å²) in [5.41, 5.74) is 4.22. The molecule has 0 saturated heterocycles. The van der Waals surface area contributed by atoms with Gasteiger partial charge in [0.05, 0.1) is 23.1 Å². The number of hydrogen-bond acceptors (Lipinski definition) is 6. The highest BCUT2D eigenvalue weighted by atomic mass is 127. The predicted octanol–water partition coefficient (Wildman–Crippen LogP) is 4.72. The highest BCUT2D eigenvalue weighted by molar-refractivity contribution is 14.1. The van der Waals surface area contributed by atoms with Gasteiger partial charge in [0.25, 0.3) is 11.8 Å². The van der Waals surface area contributed by atoms with E-state index in [2.05, 4.69) is 37.8 Å². The van der Waals surface area contributed by atoms with Crippen molar-refractivity contribution in [1.82, 2.24) is 25.1 Å². The molecule has 0 aliphatic rings. The second-order valence-electron chi connectivity index (χ2n) is 6.86. The molecule has 0 spiro atoms. The van der Waals surface area contributed by atoms with Gasteiger partial charge in [0.1, 0.15) is 5.69 Å². The standard InChI is InChI=1S/C22H18IN5O2.H2/c1-13-19(21-27-26-20(30-21)16-6-4-5-7-17(16)23)25-18(12-24-13)14-8-10-15(11-9-14)22(29)28(2)3;/h4-12H,1-3H3;1H. The summed E-state index contributed by atoms with van der Waals surface area (Å²) in [5, 5.41) is 8.37. The Labute approximate surface area is 188 Å². The summed E-state index contributed by atoms with van der Waals surface area (Å²) in [6, 6.07) is 15.1. The van der Waals surface area contributed by atoms with Crippen molar-refractivity contribution in [3.8, 4) is 34.3 Å². The van der Waals surface area contributed by atoms with Crippen molar-refractivity contribution in [2.24, 2.45) is 0 Å². The first-order valence-corrected chi connectivity index (χ1v) is 10.3. The number of carbonyl (C=O) groups is 1. The van der Waals surface area contributed by atoms with Gasteiger partial charge >= 0.3 is 0 Å². The summed E-state index contributed by atoms with van der Waals surface area (Å²) < 4.78 is 6.93. The molecule has 0 aliphatic heterocycles. The molecule has 0 unspecified atom stereocenters. The molecule has 1 amide bonds. The summed E-state index contributed by atoms with van der Waals surface area (Å²) in [6.45, 7) is 1.85. The third kappa shape index (κ3) is 3.95. The number of aromatic nitrogens is 4. The number of amides is 1. The molecule has 7 nitrogen and oxygen atoms in total. The van der Waals surface area contributed by atoms with Gasteiger partial charge in [0.15, 0.2) is 0 Å². The normalized spacial score (nSPS) is 10.8. The van der Waals surface area contributed by atoms with Gasteiger partial charge in [-0.05, 0) is 53.8 Å². The zero-order valence-corrected chi connectivity index (χ0v) is 18.8. The van der Waals surface area contributed by atoms with E-state index in [0.717, 1.165) is 14.7 Å². The van der Waals surface area contributed by atoms with Gasteiger partial charge in [-0.2, -0.15) is 0 Å². The van der Waals surface area contributed by atoms with Crippen molar-refractivity contribution in [3.05, 3.63) is 69.6 Å². The van der Waals surface area contributed by atoms with Crippen molar-refractivity contribution in [2.45, 2.75) is 6.92 Å². The number of benzene rings is 2. The molecule has 0 fully saturated rings. The summed E-state index contributed by atoms with van der Waals surface area (Å²) >= 11 is 2.24. The Morgan fingerprint density at radius 2 is 1.73 bits per heavy atom. The summed E-state index contributed by atoms with van der Waals surface area (Å²) in [7, 11) is 3.45. The SMILES string of the molecule is Cc1ncc(-c2ccc(C(=O)N(C)C)cc2)nc1-c1nnc(-c2ccccc2I)o1.[HH]. The molecule has 0 atom stereocenters. The number of aryl methyl sites for hydroxylation is 1. The highest BCUT2D eigenvalue weighted by Crippen LogP contribution is 2.28. The van der Waals surface area contributed by atoms with Crippen LogP contribution in [-0.4, -0.2) is 45.1 Å². The molecule has 2 heterocycles. The lowest BCUT2D eigenvalue weighted by molar-refractivity contribution is 0.0827. The van der Waals surface area contributed by atoms with Crippen LogP contribution < -0.4 is 0 Å². The van der Waals surface area contributed by atoms with Gasteiger partial charge < -0.3 is 9.32 Å². The number of halogens is 1. The van der Waals surface area contributed by atoms with Gasteiger partial charge in [-0.1, -0.05) is 24.3 Å². The van der Waals surface area contributed by atoms with Crippen LogP contribution in [0.4, 0.5) is 0 Å². The Bertz CT molecular complexity index is 1220. The minimum atomic E-state index is -0.0498. The van der Waals surface area contributed by atoms with Crippen molar-refractivity contribution in [1.29, 1.82) is 0 Å². The first kappa shape index (κ1) is 20.1. The topological polar surface area (TPSA) is 85.0 Å². The van der Waals surface area contributed by atoms with Gasteiger partial charge in [0.2, 0.25) is 5.89 Å². The molecular weight excluding hydrogens is 493 g/mol. The quantitative estimate of drug-likeness (QED) is 0.367. The van der Waals surface area contributed by atoms with Crippen LogP contribution in [0.5, 0.6) is 0 Å². The smallest absolute Gasteiger partial charge is 0.268 e. The number of nitrogens with zero attached hydrogens (tertiary/aromatic N) is 5. The fourth-order valence-electron chi connectivity index (χ4n) is 2.90. The summed E-state index contributed by atoms with van der Waals surface area (Å²) in [4.78, 5) is 22.8. The van der Waals surface area contributed by atoms with E-state index in [-0.39, 0.29) is 7.33 Å². The Balaban J connectivity index is 0.00000272. The second-order valence-corrected chi connectivity index (χ2v) is 8.02. The van der Waals surface area contributed by atoms with E-state index in [0.29, 0.717) is 34.4 Å². The van der Waals surface area contributed by atoms with Crippen molar-refractivity contribution >= 4 is 28.5 Å². The van der Waals surface area contributed by atoms with Crippen LogP contribution in [-0.2, 0) is 0 Å². The van der Waals surface area contributed by atoms with E-state index in [4.69, 9.17) is 9.40 Å². The summed E-state index contributed by atoms with van der Waals surface area (Å²) in [6.07, 6.45) is 1.69. The lowest BCUT2D eigenvalue weighted by atomic mass is 10.1. The van der Waals surface area contributed by atoms with Gasteiger partial charge in [0, 0.05) is 30.2 Å². The van der Waals surface area contributed by atoms with Crippen LogP contribution in [0.25, 0.3) is 34.3 Å². The first-order chi connectivity index (χ1) is 14.4. The Kier molecular flexibility index (Phi) is 5.58. The highest BCUT2D eigenvalue weighted by Gasteiger charge is 2.17. The Morgan fingerprint density at radius 1 is 1.03 bits per heavy atom. The molecule has 0 saturated carbocycles. The molecule has 152 valence electrons. The van der Waals surface area contributed by atoms with Crippen molar-refractivity contribution in [2.75, 3.05) is 14.1 Å². The largest absolute Gasteiger partial charge is 0.414 e. The third-order valence-corrected chi connectivity index (χ3v) is 5.46. The molecule has 0 aliphatic carbocycles. The molecule has 2 aromatic carbocycles. The zero-order valence-electron chi connectivity index (χ0n) is 16.6. The molecule has 8 heteroatoms. The average molecular weight is 513 g/mol. The fraction of sp³-hybridized carbons (Fsp3) is 0.136. The maximum absolute atomic E-state index is 12.1. The average Bonchev–Trinajstić information content (AvgIpc) is 3.23. The van der Waals surface area contributed by atoms with E-state index in [9.17, 15) is 4.79 Å². The second kappa shape index (κ2) is 8.31. The van der Waals surface area contributed by atoms with E-state index < -0.39 is 0 Å². The molecule has 4 aromatic rings. The molecule has 0 bridgehead atoms. The number of carbonyl (C=O) groups excluding carboxylic acids is 1. The van der Waals surface area contributed by atoms with E-state index in [1.807, 2.05) is 43.3 Å².